The third-order valence-corrected chi connectivity index (χ3v) is 7.97. The Labute approximate surface area is 285 Å². The highest BCUT2D eigenvalue weighted by atomic mass is 32.2. The number of ether oxygens (including phenoxy) is 3. The number of nitrogens with zero attached hydrogens (tertiary/aromatic N) is 1. The van der Waals surface area contributed by atoms with Crippen molar-refractivity contribution in [2.75, 3.05) is 13.1 Å². The van der Waals surface area contributed by atoms with Gasteiger partial charge in [0.25, 0.3) is 5.91 Å². The molecular weight excluding hydrogens is 663 g/mol. The molecule has 2 aromatic rings. The first-order valence-electron chi connectivity index (χ1n) is 14.9. The van der Waals surface area contributed by atoms with Gasteiger partial charge in [-0.3, -0.25) is 20.3 Å². The zero-order valence-electron chi connectivity index (χ0n) is 28.6. The zero-order valence-corrected chi connectivity index (χ0v) is 30.3. The molecular formula is C32H45N5O9S2. The molecule has 0 aliphatic carbocycles. The van der Waals surface area contributed by atoms with Gasteiger partial charge in [0.15, 0.2) is 0 Å². The lowest BCUT2D eigenvalue weighted by atomic mass is 10.2. The fourth-order valence-electron chi connectivity index (χ4n) is 3.56. The van der Waals surface area contributed by atoms with Gasteiger partial charge >= 0.3 is 18.2 Å². The third kappa shape index (κ3) is 14.2. The predicted octanol–water partition coefficient (Wildman–Crippen LogP) is 4.88. The van der Waals surface area contributed by atoms with Crippen molar-refractivity contribution in [3.05, 3.63) is 58.3 Å². The van der Waals surface area contributed by atoms with Gasteiger partial charge in [-0.2, -0.15) is 4.72 Å². The number of thiophene rings is 1. The molecule has 3 amide bonds. The lowest BCUT2D eigenvalue weighted by Gasteiger charge is -2.27. The van der Waals surface area contributed by atoms with E-state index in [2.05, 4.69) is 15.4 Å². The molecule has 264 valence electrons. The number of hydrogen-bond donors (Lipinski definition) is 4. The van der Waals surface area contributed by atoms with Crippen LogP contribution in [0, 0.1) is 5.41 Å². The summed E-state index contributed by atoms with van der Waals surface area (Å²) in [4.78, 5) is 52.6. The minimum absolute atomic E-state index is 0.0550. The normalized spacial score (nSPS) is 12.9. The standard InChI is InChI=1S/C32H45N5O9S2/c1-30(2,3)44-26(39)23(36-48(42,43)22-15-11-10-12-16-22)20-34-25(38)24-18-17-21(47-24)14-13-19-37(29(41)46-32(7,8)9)27(33)35-28(40)45-31(4,5)6/h10-18,23,36H,19-20H2,1-9H3,(H,34,38)(H2,33,35,40)/b14-13+/t23-/m0/s1. The van der Waals surface area contributed by atoms with Crippen molar-refractivity contribution in [1.82, 2.24) is 20.3 Å². The minimum Gasteiger partial charge on any atom is -0.459 e. The number of hydrogen-bond acceptors (Lipinski definition) is 11. The van der Waals surface area contributed by atoms with Gasteiger partial charge in [0.1, 0.15) is 22.8 Å². The van der Waals surface area contributed by atoms with Crippen LogP contribution < -0.4 is 15.4 Å². The summed E-state index contributed by atoms with van der Waals surface area (Å²) in [5.74, 6) is -1.99. The molecule has 0 fully saturated rings. The maximum Gasteiger partial charge on any atom is 0.417 e. The molecule has 0 bridgehead atoms. The van der Waals surface area contributed by atoms with Crippen molar-refractivity contribution in [2.45, 2.75) is 90.1 Å². The van der Waals surface area contributed by atoms with Gasteiger partial charge < -0.3 is 19.5 Å². The number of benzene rings is 1. The molecule has 0 saturated carbocycles. The monoisotopic (exact) mass is 707 g/mol. The molecule has 2 rings (SSSR count). The van der Waals surface area contributed by atoms with Gasteiger partial charge in [0.05, 0.1) is 16.3 Å². The summed E-state index contributed by atoms with van der Waals surface area (Å²) in [7, 11) is -4.11. The van der Waals surface area contributed by atoms with E-state index in [1.165, 1.54) is 18.2 Å². The zero-order chi connectivity index (χ0) is 36.5. The maximum absolute atomic E-state index is 13.0. The lowest BCUT2D eigenvalue weighted by Crippen LogP contribution is -2.50. The molecule has 0 unspecified atom stereocenters. The molecule has 16 heteroatoms. The number of guanidine groups is 1. The van der Waals surface area contributed by atoms with E-state index >= 15 is 0 Å². The van der Waals surface area contributed by atoms with E-state index in [1.807, 2.05) is 0 Å². The van der Waals surface area contributed by atoms with Gasteiger partial charge in [-0.1, -0.05) is 24.3 Å². The maximum atomic E-state index is 13.0. The van der Waals surface area contributed by atoms with Crippen molar-refractivity contribution in [1.29, 1.82) is 5.41 Å². The molecule has 48 heavy (non-hydrogen) atoms. The lowest BCUT2D eigenvalue weighted by molar-refractivity contribution is -0.156. The molecule has 1 atom stereocenters. The van der Waals surface area contributed by atoms with Crippen LogP contribution in [0.1, 0.15) is 76.9 Å². The van der Waals surface area contributed by atoms with Crippen LogP contribution in [-0.2, 0) is 29.0 Å². The van der Waals surface area contributed by atoms with E-state index in [0.717, 1.165) is 16.2 Å². The summed E-state index contributed by atoms with van der Waals surface area (Å²) < 4.78 is 44.1. The average molecular weight is 708 g/mol. The van der Waals surface area contributed by atoms with E-state index in [1.54, 1.807) is 98.7 Å². The van der Waals surface area contributed by atoms with Crippen LogP contribution in [0.3, 0.4) is 0 Å². The summed E-state index contributed by atoms with van der Waals surface area (Å²) >= 11 is 1.08. The second-order valence-corrected chi connectivity index (χ2v) is 16.2. The minimum atomic E-state index is -4.11. The number of carbonyl (C=O) groups excluding carboxylic acids is 4. The number of nitrogens with one attached hydrogen (secondary N) is 4. The van der Waals surface area contributed by atoms with Gasteiger partial charge in [-0.15, -0.1) is 11.3 Å². The first-order chi connectivity index (χ1) is 22.0. The van der Waals surface area contributed by atoms with Gasteiger partial charge in [-0.25, -0.2) is 22.9 Å². The second-order valence-electron chi connectivity index (χ2n) is 13.4. The Bertz CT molecular complexity index is 1600. The van der Waals surface area contributed by atoms with Crippen molar-refractivity contribution < 1.29 is 41.8 Å². The van der Waals surface area contributed by atoms with Crippen LogP contribution in [0.5, 0.6) is 0 Å². The molecule has 0 radical (unpaired) electrons. The van der Waals surface area contributed by atoms with Crippen LogP contribution in [-0.4, -0.2) is 79.3 Å². The number of rotatable bonds is 10. The number of sulfonamides is 1. The Morgan fingerprint density at radius 2 is 1.46 bits per heavy atom. The van der Waals surface area contributed by atoms with E-state index in [-0.39, 0.29) is 22.9 Å². The first-order valence-corrected chi connectivity index (χ1v) is 17.2. The molecule has 1 aromatic carbocycles. The Hall–Kier alpha value is -4.28. The van der Waals surface area contributed by atoms with Gasteiger partial charge in [-0.05, 0) is 92.7 Å². The molecule has 1 aromatic heterocycles. The smallest absolute Gasteiger partial charge is 0.417 e. The van der Waals surface area contributed by atoms with E-state index in [0.29, 0.717) is 4.88 Å². The fraction of sp³-hybridized carbons (Fsp3) is 0.469. The van der Waals surface area contributed by atoms with E-state index in [9.17, 15) is 27.6 Å². The summed E-state index contributed by atoms with van der Waals surface area (Å²) in [6, 6.07) is 9.25. The molecule has 0 spiro atoms. The van der Waals surface area contributed by atoms with Crippen LogP contribution in [0.4, 0.5) is 9.59 Å². The summed E-state index contributed by atoms with van der Waals surface area (Å²) in [6.07, 6.45) is 1.36. The van der Waals surface area contributed by atoms with Gasteiger partial charge in [0, 0.05) is 11.4 Å². The molecule has 0 aliphatic rings. The highest BCUT2D eigenvalue weighted by Crippen LogP contribution is 2.19. The summed E-state index contributed by atoms with van der Waals surface area (Å²) in [5.41, 5.74) is -2.60. The quantitative estimate of drug-likeness (QED) is 0.115. The molecule has 14 nitrogen and oxygen atoms in total. The summed E-state index contributed by atoms with van der Waals surface area (Å²) in [6.45, 7) is 14.3. The van der Waals surface area contributed by atoms with Crippen LogP contribution >= 0.6 is 11.3 Å². The number of esters is 1. The number of alkyl carbamates (subject to hydrolysis) is 1. The Kier molecular flexibility index (Phi) is 13.5. The molecule has 1 heterocycles. The van der Waals surface area contributed by atoms with Crippen LogP contribution in [0.15, 0.2) is 53.4 Å². The SMILES string of the molecule is CC(C)(C)OC(=O)NC(=N)N(C/C=C/c1ccc(C(=O)NC[C@H](NS(=O)(=O)c2ccccc2)C(=O)OC(C)(C)C)s1)C(=O)OC(C)(C)C. The Morgan fingerprint density at radius 3 is 2.02 bits per heavy atom. The highest BCUT2D eigenvalue weighted by Gasteiger charge is 2.31. The number of amides is 3. The second kappa shape index (κ2) is 16.2. The van der Waals surface area contributed by atoms with Gasteiger partial charge in [0.2, 0.25) is 16.0 Å². The van der Waals surface area contributed by atoms with E-state index < -0.39 is 62.9 Å². The van der Waals surface area contributed by atoms with Crippen molar-refractivity contribution >= 4 is 57.5 Å². The van der Waals surface area contributed by atoms with Crippen molar-refractivity contribution in [3.8, 4) is 0 Å². The topological polar surface area (TPSA) is 193 Å². The largest absolute Gasteiger partial charge is 0.459 e. The Morgan fingerprint density at radius 1 is 0.875 bits per heavy atom. The van der Waals surface area contributed by atoms with Crippen molar-refractivity contribution in [3.63, 3.8) is 0 Å². The van der Waals surface area contributed by atoms with Crippen LogP contribution in [0.2, 0.25) is 0 Å². The molecule has 0 aliphatic heterocycles. The average Bonchev–Trinajstić information content (AvgIpc) is 3.39. The third-order valence-electron chi connectivity index (χ3n) is 5.43. The summed E-state index contributed by atoms with van der Waals surface area (Å²) in [5, 5.41) is 13.1. The Balaban J connectivity index is 2.15. The molecule has 0 saturated heterocycles. The highest BCUT2D eigenvalue weighted by molar-refractivity contribution is 7.89. The fourth-order valence-corrected chi connectivity index (χ4v) is 5.62. The molecule has 4 N–H and O–H groups in total. The predicted molar refractivity (Wildman–Crippen MR) is 182 cm³/mol. The first kappa shape index (κ1) is 39.9. The van der Waals surface area contributed by atoms with Crippen LogP contribution in [0.25, 0.3) is 6.08 Å². The van der Waals surface area contributed by atoms with E-state index in [4.69, 9.17) is 19.6 Å². The van der Waals surface area contributed by atoms with Crippen molar-refractivity contribution in [2.24, 2.45) is 0 Å². The number of carbonyl (C=O) groups is 4.